The molecular weight excluding hydrogens is 685 g/mol. The van der Waals surface area contributed by atoms with Gasteiger partial charge in [0.05, 0.1) is 16.7 Å². The number of benzene rings is 9. The van der Waals surface area contributed by atoms with E-state index in [1.807, 2.05) is 11.3 Å². The van der Waals surface area contributed by atoms with E-state index >= 15 is 0 Å². The van der Waals surface area contributed by atoms with Crippen LogP contribution in [0, 0.1) is 0 Å². The third-order valence-corrected chi connectivity index (χ3v) is 12.1. The fourth-order valence-corrected chi connectivity index (χ4v) is 9.50. The van der Waals surface area contributed by atoms with E-state index < -0.39 is 0 Å². The summed E-state index contributed by atoms with van der Waals surface area (Å²) in [5, 5.41) is 7.66. The first-order valence-corrected chi connectivity index (χ1v) is 19.6. The van der Waals surface area contributed by atoms with Crippen LogP contribution in [-0.4, -0.2) is 4.57 Å². The number of hydrogen-bond acceptors (Lipinski definition) is 2. The maximum Gasteiger partial charge on any atom is 0.0541 e. The standard InChI is InChI=1S/C52H34N2S/c1-2-12-37-33-38(22-21-35(37)11-1)36-23-26-40(27-24-36)53(41-28-30-42(31-29-41)54-49-18-8-4-14-44(49)45-15-5-9-19-50(45)54)48-17-7-3-13-43(48)39-25-32-47-46-16-6-10-20-51(46)55-52(47)34-39/h1-34H. The van der Waals surface area contributed by atoms with Crippen molar-refractivity contribution >= 4 is 81.1 Å². The molecule has 11 rings (SSSR count). The summed E-state index contributed by atoms with van der Waals surface area (Å²) in [6.07, 6.45) is 0. The van der Waals surface area contributed by atoms with Crippen LogP contribution < -0.4 is 4.90 Å². The Labute approximate surface area is 323 Å². The highest BCUT2D eigenvalue weighted by Crippen LogP contribution is 2.44. The Morgan fingerprint density at radius 1 is 0.364 bits per heavy atom. The monoisotopic (exact) mass is 718 g/mol. The zero-order valence-electron chi connectivity index (χ0n) is 29.9. The molecule has 0 aliphatic carbocycles. The molecule has 0 atom stereocenters. The van der Waals surface area contributed by atoms with E-state index in [9.17, 15) is 0 Å². The number of aromatic nitrogens is 1. The molecule has 9 aromatic carbocycles. The normalized spacial score (nSPS) is 11.6. The van der Waals surface area contributed by atoms with E-state index in [2.05, 4.69) is 216 Å². The molecule has 0 aliphatic heterocycles. The molecule has 55 heavy (non-hydrogen) atoms. The van der Waals surface area contributed by atoms with Crippen molar-refractivity contribution in [3.8, 4) is 27.9 Å². The van der Waals surface area contributed by atoms with Crippen LogP contribution in [0.15, 0.2) is 206 Å². The quantitative estimate of drug-likeness (QED) is 0.166. The molecule has 0 unspecified atom stereocenters. The smallest absolute Gasteiger partial charge is 0.0541 e. The first-order chi connectivity index (χ1) is 27.3. The second-order valence-corrected chi connectivity index (χ2v) is 15.2. The first-order valence-electron chi connectivity index (χ1n) is 18.8. The Morgan fingerprint density at radius 2 is 0.927 bits per heavy atom. The summed E-state index contributed by atoms with van der Waals surface area (Å²) in [5.41, 5.74) is 11.7. The summed E-state index contributed by atoms with van der Waals surface area (Å²) < 4.78 is 5.00. The Morgan fingerprint density at radius 3 is 1.69 bits per heavy atom. The summed E-state index contributed by atoms with van der Waals surface area (Å²) in [6.45, 7) is 0. The number of para-hydroxylation sites is 3. The van der Waals surface area contributed by atoms with Gasteiger partial charge in [0, 0.05) is 53.6 Å². The van der Waals surface area contributed by atoms with Crippen LogP contribution in [0.2, 0.25) is 0 Å². The number of anilines is 3. The number of fused-ring (bicyclic) bond motifs is 7. The van der Waals surface area contributed by atoms with E-state index in [1.165, 1.54) is 75.0 Å². The maximum absolute atomic E-state index is 2.41. The van der Waals surface area contributed by atoms with Gasteiger partial charge in [-0.3, -0.25) is 0 Å². The summed E-state index contributed by atoms with van der Waals surface area (Å²) in [6, 6.07) is 75.2. The van der Waals surface area contributed by atoms with Crippen LogP contribution in [0.25, 0.3) is 80.7 Å². The predicted octanol–water partition coefficient (Wildman–Crippen LogP) is 15.1. The van der Waals surface area contributed by atoms with Crippen molar-refractivity contribution in [3.05, 3.63) is 206 Å². The molecule has 0 N–H and O–H groups in total. The van der Waals surface area contributed by atoms with Crippen LogP contribution in [0.4, 0.5) is 17.1 Å². The molecule has 258 valence electrons. The van der Waals surface area contributed by atoms with Crippen LogP contribution in [0.1, 0.15) is 0 Å². The molecule has 2 heterocycles. The largest absolute Gasteiger partial charge is 0.310 e. The summed E-state index contributed by atoms with van der Waals surface area (Å²) in [4.78, 5) is 2.41. The topological polar surface area (TPSA) is 8.17 Å². The molecule has 0 saturated carbocycles. The van der Waals surface area contributed by atoms with Gasteiger partial charge in [-0.1, -0.05) is 133 Å². The zero-order valence-corrected chi connectivity index (χ0v) is 30.7. The molecule has 3 heteroatoms. The van der Waals surface area contributed by atoms with Gasteiger partial charge in [-0.15, -0.1) is 11.3 Å². The van der Waals surface area contributed by atoms with Gasteiger partial charge in [0.15, 0.2) is 0 Å². The molecule has 0 spiro atoms. The Hall–Kier alpha value is -6.94. The minimum absolute atomic E-state index is 1.10. The van der Waals surface area contributed by atoms with Crippen molar-refractivity contribution in [2.75, 3.05) is 4.90 Å². The van der Waals surface area contributed by atoms with Crippen molar-refractivity contribution in [3.63, 3.8) is 0 Å². The van der Waals surface area contributed by atoms with Crippen molar-refractivity contribution in [2.24, 2.45) is 0 Å². The molecular formula is C52H34N2S. The van der Waals surface area contributed by atoms with Gasteiger partial charge in [0.25, 0.3) is 0 Å². The third-order valence-electron chi connectivity index (χ3n) is 11.0. The molecule has 0 saturated heterocycles. The lowest BCUT2D eigenvalue weighted by molar-refractivity contribution is 1.17. The summed E-state index contributed by atoms with van der Waals surface area (Å²) in [5.74, 6) is 0. The van der Waals surface area contributed by atoms with Crippen LogP contribution in [-0.2, 0) is 0 Å². The average Bonchev–Trinajstić information content (AvgIpc) is 3.80. The Kier molecular flexibility index (Phi) is 7.39. The van der Waals surface area contributed by atoms with E-state index in [0.29, 0.717) is 0 Å². The first kappa shape index (κ1) is 31.6. The van der Waals surface area contributed by atoms with E-state index in [1.54, 1.807) is 0 Å². The fraction of sp³-hybridized carbons (Fsp3) is 0. The van der Waals surface area contributed by atoms with E-state index in [-0.39, 0.29) is 0 Å². The van der Waals surface area contributed by atoms with Gasteiger partial charge in [-0.2, -0.15) is 0 Å². The lowest BCUT2D eigenvalue weighted by atomic mass is 9.99. The number of rotatable bonds is 6. The number of thiophene rings is 1. The highest BCUT2D eigenvalue weighted by molar-refractivity contribution is 7.25. The summed E-state index contributed by atoms with van der Waals surface area (Å²) in [7, 11) is 0. The van der Waals surface area contributed by atoms with Crippen molar-refractivity contribution in [2.45, 2.75) is 0 Å². The van der Waals surface area contributed by atoms with Gasteiger partial charge in [-0.05, 0) is 100 Å². The van der Waals surface area contributed by atoms with Crippen LogP contribution in [0.3, 0.4) is 0 Å². The Bertz CT molecular complexity index is 3150. The lowest BCUT2D eigenvalue weighted by Gasteiger charge is -2.28. The molecule has 0 radical (unpaired) electrons. The molecule has 11 aromatic rings. The Balaban J connectivity index is 1.06. The minimum Gasteiger partial charge on any atom is -0.310 e. The van der Waals surface area contributed by atoms with E-state index in [0.717, 1.165) is 22.7 Å². The van der Waals surface area contributed by atoms with Crippen molar-refractivity contribution < 1.29 is 0 Å². The van der Waals surface area contributed by atoms with E-state index in [4.69, 9.17) is 0 Å². The van der Waals surface area contributed by atoms with Crippen LogP contribution in [0.5, 0.6) is 0 Å². The average molecular weight is 719 g/mol. The van der Waals surface area contributed by atoms with Gasteiger partial charge in [-0.25, -0.2) is 0 Å². The zero-order chi connectivity index (χ0) is 36.3. The van der Waals surface area contributed by atoms with Gasteiger partial charge in [0.1, 0.15) is 0 Å². The van der Waals surface area contributed by atoms with Gasteiger partial charge in [0.2, 0.25) is 0 Å². The molecule has 0 bridgehead atoms. The molecule has 0 aliphatic rings. The van der Waals surface area contributed by atoms with Crippen molar-refractivity contribution in [1.82, 2.24) is 4.57 Å². The third kappa shape index (κ3) is 5.32. The summed E-state index contributed by atoms with van der Waals surface area (Å²) >= 11 is 1.86. The second-order valence-electron chi connectivity index (χ2n) is 14.2. The molecule has 2 aromatic heterocycles. The van der Waals surface area contributed by atoms with Gasteiger partial charge < -0.3 is 9.47 Å². The highest BCUT2D eigenvalue weighted by atomic mass is 32.1. The fourth-order valence-electron chi connectivity index (χ4n) is 8.36. The SMILES string of the molecule is c1ccc(N(c2ccc(-c3ccc4ccccc4c3)cc2)c2ccc(-n3c4ccccc4c4ccccc43)cc2)c(-c2ccc3c(c2)sc2ccccc23)c1. The number of nitrogens with zero attached hydrogens (tertiary/aromatic N) is 2. The van der Waals surface area contributed by atoms with Crippen molar-refractivity contribution in [1.29, 1.82) is 0 Å². The number of hydrogen-bond donors (Lipinski definition) is 0. The predicted molar refractivity (Wildman–Crippen MR) is 237 cm³/mol. The maximum atomic E-state index is 2.41. The highest BCUT2D eigenvalue weighted by Gasteiger charge is 2.19. The van der Waals surface area contributed by atoms with Gasteiger partial charge >= 0.3 is 0 Å². The van der Waals surface area contributed by atoms with Crippen LogP contribution >= 0.6 is 11.3 Å². The molecule has 0 amide bonds. The molecule has 2 nitrogen and oxygen atoms in total. The lowest BCUT2D eigenvalue weighted by Crippen LogP contribution is -2.11. The second kappa shape index (κ2) is 12.9. The minimum atomic E-state index is 1.10. The molecule has 0 fully saturated rings.